The quantitative estimate of drug-likeness (QED) is 0.467. The van der Waals surface area contributed by atoms with E-state index in [1.807, 2.05) is 0 Å². The van der Waals surface area contributed by atoms with Crippen LogP contribution in [0.5, 0.6) is 0 Å². The molecule has 0 rings (SSSR count). The molecule has 0 aromatic heterocycles. The van der Waals surface area contributed by atoms with Crippen LogP contribution < -0.4 is 10.8 Å². The van der Waals surface area contributed by atoms with E-state index in [0.717, 1.165) is 0 Å². The molecule has 0 aliphatic carbocycles. The van der Waals surface area contributed by atoms with E-state index < -0.39 is 12.0 Å². The van der Waals surface area contributed by atoms with Crippen LogP contribution in [0.2, 0.25) is 5.32 Å². The Kier molecular flexibility index (Phi) is 3.00. The number of carboxylic acid groups (broad SMARTS) is 1. The van der Waals surface area contributed by atoms with Crippen LogP contribution in [0.1, 0.15) is 0 Å². The van der Waals surface area contributed by atoms with E-state index in [1.165, 1.54) is 0 Å². The number of carboxylic acids is 1. The molecule has 0 radical (unpaired) electrons. The second-order valence-electron chi connectivity index (χ2n) is 1.09. The summed E-state index contributed by atoms with van der Waals surface area (Å²) in [5, 5.41) is 9.98. The third kappa shape index (κ3) is 2.62. The summed E-state index contributed by atoms with van der Waals surface area (Å²) in [7, 11) is 0. The van der Waals surface area contributed by atoms with Crippen molar-refractivity contribution in [3.63, 3.8) is 0 Å². The summed E-state index contributed by atoms with van der Waals surface area (Å²) < 4.78 is 0. The van der Waals surface area contributed by atoms with Crippen LogP contribution in [0, 0.1) is 0 Å². The Morgan fingerprint density at radius 3 is 2.43 bits per heavy atom. The first-order valence-corrected chi connectivity index (χ1v) is 2.94. The maximum absolute atomic E-state index is 9.67. The monoisotopic (exact) mass is 167 g/mol. The third-order valence-electron chi connectivity index (χ3n) is 0.482. The van der Waals surface area contributed by atoms with Gasteiger partial charge in [0.1, 0.15) is 0 Å². The van der Waals surface area contributed by atoms with Crippen LogP contribution in [-0.4, -0.2) is 28.0 Å². The molecule has 42 valence electrons. The average Bonchev–Trinajstić information content (AvgIpc) is 1.65. The van der Waals surface area contributed by atoms with Gasteiger partial charge in [-0.25, -0.2) is 0 Å². The molecule has 0 heterocycles. The predicted molar refractivity (Wildman–Crippen MR) is 23.5 cm³/mol. The fourth-order valence-corrected chi connectivity index (χ4v) is 0.354. The van der Waals surface area contributed by atoms with Crippen molar-refractivity contribution in [1.29, 1.82) is 0 Å². The summed E-state index contributed by atoms with van der Waals surface area (Å²) in [6.45, 7) is 0. The molecule has 0 bridgehead atoms. The Morgan fingerprint density at radius 1 is 2.00 bits per heavy atom. The average molecular weight is 166 g/mol. The molecule has 4 heteroatoms. The molecule has 0 saturated carbocycles. The zero-order valence-electron chi connectivity index (χ0n) is 3.59. The van der Waals surface area contributed by atoms with Crippen molar-refractivity contribution in [2.45, 2.75) is 11.4 Å². The third-order valence-corrected chi connectivity index (χ3v) is 1.24. The Morgan fingerprint density at radius 2 is 2.43 bits per heavy atom. The molecular weight excluding hydrogens is 161 g/mol. The van der Waals surface area contributed by atoms with Gasteiger partial charge in [-0.1, -0.05) is 0 Å². The van der Waals surface area contributed by atoms with Crippen molar-refractivity contribution in [1.82, 2.24) is 0 Å². The number of carbonyl (C=O) groups excluding carboxylic acids is 1. The standard InChI is InChI=1S/C3H7NO2Se/c4-2(1-7)3(5)6/h2,7H,1,4H2,(H,5,6)/p-2. The molecule has 0 spiro atoms. The fourth-order valence-electron chi connectivity index (χ4n) is 0.0680. The second-order valence-corrected chi connectivity index (χ2v) is 1.79. The number of aliphatic carboxylic acids is 1. The summed E-state index contributed by atoms with van der Waals surface area (Å²) in [5.41, 5.74) is 4.92. The van der Waals surface area contributed by atoms with Gasteiger partial charge in [0.25, 0.3) is 0 Å². The molecule has 7 heavy (non-hydrogen) atoms. The van der Waals surface area contributed by atoms with Gasteiger partial charge >= 0.3 is 49.0 Å². The van der Waals surface area contributed by atoms with Crippen molar-refractivity contribution >= 4 is 22.0 Å². The number of hydrogen-bond donors (Lipinski definition) is 1. The summed E-state index contributed by atoms with van der Waals surface area (Å²) >= 11 is 2.48. The van der Waals surface area contributed by atoms with Gasteiger partial charge in [-0.2, -0.15) is 0 Å². The molecule has 1 atom stereocenters. The van der Waals surface area contributed by atoms with E-state index in [9.17, 15) is 9.90 Å². The first-order valence-electron chi connectivity index (χ1n) is 1.73. The van der Waals surface area contributed by atoms with Gasteiger partial charge in [0.15, 0.2) is 0 Å². The molecule has 0 aromatic carbocycles. The summed E-state index contributed by atoms with van der Waals surface area (Å²) in [6.07, 6.45) is 0. The van der Waals surface area contributed by atoms with Crippen molar-refractivity contribution in [2.24, 2.45) is 5.73 Å². The molecule has 2 N–H and O–H groups in total. The molecule has 0 aliphatic heterocycles. The maximum atomic E-state index is 9.67. The van der Waals surface area contributed by atoms with Gasteiger partial charge in [-0.05, 0) is 0 Å². The van der Waals surface area contributed by atoms with Gasteiger partial charge in [0, 0.05) is 0 Å². The molecule has 3 nitrogen and oxygen atoms in total. The van der Waals surface area contributed by atoms with Gasteiger partial charge < -0.3 is 0 Å². The van der Waals surface area contributed by atoms with Crippen LogP contribution in [0.3, 0.4) is 0 Å². The van der Waals surface area contributed by atoms with Gasteiger partial charge in [-0.15, -0.1) is 0 Å². The molecule has 0 saturated heterocycles. The van der Waals surface area contributed by atoms with E-state index in [-0.39, 0.29) is 0 Å². The minimum atomic E-state index is -1.21. The van der Waals surface area contributed by atoms with Crippen LogP contribution in [-0.2, 0) is 4.79 Å². The Labute approximate surface area is 49.7 Å². The van der Waals surface area contributed by atoms with Crippen LogP contribution in [0.25, 0.3) is 0 Å². The van der Waals surface area contributed by atoms with Crippen molar-refractivity contribution in [3.05, 3.63) is 0 Å². The molecule has 1 unspecified atom stereocenters. The molecule has 0 fully saturated rings. The van der Waals surface area contributed by atoms with Gasteiger partial charge in [-0.3, -0.25) is 0 Å². The topological polar surface area (TPSA) is 66.2 Å². The fraction of sp³-hybridized carbons (Fsp3) is 0.667. The Balaban J connectivity index is 3.34. The summed E-state index contributed by atoms with van der Waals surface area (Å²) in [4.78, 5) is 9.67. The van der Waals surface area contributed by atoms with Gasteiger partial charge in [0.2, 0.25) is 0 Å². The normalized spacial score (nSPS) is 13.4. The number of nitrogens with two attached hydrogens (primary N) is 1. The summed E-state index contributed by atoms with van der Waals surface area (Å²) in [6, 6.07) is -0.847. The Bertz CT molecular complexity index is 75.3. The minimum absolute atomic E-state index is 0.308. The van der Waals surface area contributed by atoms with Crippen molar-refractivity contribution in [2.75, 3.05) is 0 Å². The first-order chi connectivity index (χ1) is 3.18. The molecule has 0 aliphatic rings. The number of rotatable bonds is 2. The molecule has 0 amide bonds. The van der Waals surface area contributed by atoms with Crippen LogP contribution in [0.15, 0.2) is 0 Å². The molecular formula is C3H5NO2Se-2. The van der Waals surface area contributed by atoms with Gasteiger partial charge in [0.05, 0.1) is 0 Å². The van der Waals surface area contributed by atoms with E-state index in [4.69, 9.17) is 5.73 Å². The van der Waals surface area contributed by atoms with Crippen LogP contribution >= 0.6 is 0 Å². The summed E-state index contributed by atoms with van der Waals surface area (Å²) in [5.74, 6) is -1.21. The van der Waals surface area contributed by atoms with Crippen molar-refractivity contribution in [3.8, 4) is 0 Å². The van der Waals surface area contributed by atoms with E-state index in [1.54, 1.807) is 0 Å². The first kappa shape index (κ1) is 6.95. The van der Waals surface area contributed by atoms with E-state index in [2.05, 4.69) is 16.0 Å². The number of carbonyl (C=O) groups is 1. The van der Waals surface area contributed by atoms with E-state index >= 15 is 0 Å². The molecule has 0 aromatic rings. The van der Waals surface area contributed by atoms with Crippen LogP contribution in [0.4, 0.5) is 0 Å². The number of hydrogen-bond acceptors (Lipinski definition) is 3. The zero-order valence-corrected chi connectivity index (χ0v) is 5.30. The predicted octanol–water partition coefficient (Wildman–Crippen LogP) is -2.35. The van der Waals surface area contributed by atoms with Crippen molar-refractivity contribution < 1.29 is 9.90 Å². The van der Waals surface area contributed by atoms with E-state index in [0.29, 0.717) is 5.32 Å². The SMILES string of the molecule is NC(C[Se-])C(=O)[O-]. The Hall–Kier alpha value is -0.0505. The zero-order chi connectivity index (χ0) is 5.86. The second kappa shape index (κ2) is 3.02.